The maximum atomic E-state index is 3.78. The zero-order valence-electron chi connectivity index (χ0n) is 12.5. The van der Waals surface area contributed by atoms with Crippen molar-refractivity contribution in [2.24, 2.45) is 0 Å². The molecule has 0 saturated heterocycles. The average Bonchev–Trinajstić information content (AvgIpc) is 3.08. The molecule has 2 atom stereocenters. The molecule has 1 aromatic carbocycles. The van der Waals surface area contributed by atoms with Crippen LogP contribution in [0.1, 0.15) is 34.5 Å². The molecule has 1 heterocycles. The van der Waals surface area contributed by atoms with Crippen molar-refractivity contribution in [2.45, 2.75) is 24.9 Å². The number of fused-ring (bicyclic) bond motifs is 1. The molecule has 0 spiro atoms. The fourth-order valence-electron chi connectivity index (χ4n) is 3.07. The quantitative estimate of drug-likeness (QED) is 0.845. The molecule has 2 unspecified atom stereocenters. The zero-order valence-corrected chi connectivity index (χ0v) is 14.9. The third-order valence-corrected chi connectivity index (χ3v) is 5.70. The lowest BCUT2D eigenvalue weighted by Crippen LogP contribution is -2.32. The van der Waals surface area contributed by atoms with Gasteiger partial charge in [-0.05, 0) is 61.6 Å². The van der Waals surface area contributed by atoms with Gasteiger partial charge in [-0.3, -0.25) is 0 Å². The fourth-order valence-corrected chi connectivity index (χ4v) is 4.40. The first-order chi connectivity index (χ1) is 10.1. The maximum absolute atomic E-state index is 3.78. The van der Waals surface area contributed by atoms with E-state index < -0.39 is 0 Å². The van der Waals surface area contributed by atoms with Gasteiger partial charge in [0.05, 0.1) is 6.04 Å². The molecule has 112 valence electrons. The summed E-state index contributed by atoms with van der Waals surface area (Å²) in [5, 5.41) is 5.94. The summed E-state index contributed by atoms with van der Waals surface area (Å²) in [4.78, 5) is 3.73. The van der Waals surface area contributed by atoms with Gasteiger partial charge in [0.25, 0.3) is 0 Å². The second kappa shape index (κ2) is 6.61. The van der Waals surface area contributed by atoms with Gasteiger partial charge in [0.2, 0.25) is 0 Å². The number of hydrogen-bond acceptors (Lipinski definition) is 3. The highest BCUT2D eigenvalue weighted by Crippen LogP contribution is 2.33. The summed E-state index contributed by atoms with van der Waals surface area (Å²) in [5.74, 6) is 0. The summed E-state index contributed by atoms with van der Waals surface area (Å²) in [7, 11) is 4.32. The molecule has 2 nitrogen and oxygen atoms in total. The zero-order chi connectivity index (χ0) is 14.8. The molecule has 2 aromatic rings. The molecule has 0 amide bonds. The van der Waals surface area contributed by atoms with Crippen molar-refractivity contribution in [1.82, 2.24) is 10.2 Å². The molecule has 0 radical (unpaired) electrons. The standard InChI is InChI=1S/C17H21BrN2S/c1-20(2)16(17-4-3-9-21-17)11-19-15-8-5-12-10-13(18)6-7-14(12)15/h3-4,6-7,9-10,15-16,19H,5,8,11H2,1-2H3. The second-order valence-corrected chi connectivity index (χ2v) is 7.73. The van der Waals surface area contributed by atoms with E-state index in [4.69, 9.17) is 0 Å². The molecule has 21 heavy (non-hydrogen) atoms. The van der Waals surface area contributed by atoms with E-state index in [1.165, 1.54) is 33.3 Å². The summed E-state index contributed by atoms with van der Waals surface area (Å²) in [5.41, 5.74) is 2.96. The summed E-state index contributed by atoms with van der Waals surface area (Å²) in [6, 6.07) is 12.0. The van der Waals surface area contributed by atoms with Gasteiger partial charge in [0.1, 0.15) is 0 Å². The minimum atomic E-state index is 0.449. The van der Waals surface area contributed by atoms with Crippen LogP contribution < -0.4 is 5.32 Å². The van der Waals surface area contributed by atoms with Crippen LogP contribution in [0, 0.1) is 0 Å². The smallest absolute Gasteiger partial charge is 0.0561 e. The number of aryl methyl sites for hydroxylation is 1. The van der Waals surface area contributed by atoms with E-state index in [0.717, 1.165) is 6.54 Å². The van der Waals surface area contributed by atoms with Crippen molar-refractivity contribution in [3.63, 3.8) is 0 Å². The van der Waals surface area contributed by atoms with Gasteiger partial charge in [-0.2, -0.15) is 0 Å². The number of likely N-dealkylation sites (N-methyl/N-ethyl adjacent to an activating group) is 1. The van der Waals surface area contributed by atoms with Gasteiger partial charge in [-0.25, -0.2) is 0 Å². The summed E-state index contributed by atoms with van der Waals surface area (Å²) < 4.78 is 1.19. The predicted octanol–water partition coefficient (Wildman–Crippen LogP) is 4.39. The van der Waals surface area contributed by atoms with Gasteiger partial charge in [-0.15, -0.1) is 11.3 Å². The number of rotatable bonds is 5. The molecule has 1 N–H and O–H groups in total. The Labute approximate surface area is 139 Å². The third-order valence-electron chi connectivity index (χ3n) is 4.24. The topological polar surface area (TPSA) is 15.3 Å². The second-order valence-electron chi connectivity index (χ2n) is 5.84. The molecule has 4 heteroatoms. The van der Waals surface area contributed by atoms with Gasteiger partial charge < -0.3 is 10.2 Å². The molecule has 3 rings (SSSR count). The Morgan fingerprint density at radius 2 is 2.24 bits per heavy atom. The fraction of sp³-hybridized carbons (Fsp3) is 0.412. The van der Waals surface area contributed by atoms with Crippen molar-refractivity contribution >= 4 is 27.3 Å². The summed E-state index contributed by atoms with van der Waals surface area (Å²) in [6.45, 7) is 0.994. The molecule has 0 saturated carbocycles. The van der Waals surface area contributed by atoms with Crippen molar-refractivity contribution in [3.05, 3.63) is 56.2 Å². The Balaban J connectivity index is 1.68. The van der Waals surface area contributed by atoms with Crippen LogP contribution in [-0.2, 0) is 6.42 Å². The molecule has 0 aliphatic heterocycles. The summed E-state index contributed by atoms with van der Waals surface area (Å²) in [6.07, 6.45) is 2.38. The van der Waals surface area contributed by atoms with Crippen molar-refractivity contribution < 1.29 is 0 Å². The SMILES string of the molecule is CN(C)C(CNC1CCc2cc(Br)ccc21)c1cccs1. The van der Waals surface area contributed by atoms with Crippen LogP contribution in [0.4, 0.5) is 0 Å². The van der Waals surface area contributed by atoms with Gasteiger partial charge in [-0.1, -0.05) is 28.1 Å². The lowest BCUT2D eigenvalue weighted by Gasteiger charge is -2.26. The Morgan fingerprint density at radius 3 is 2.95 bits per heavy atom. The third kappa shape index (κ3) is 3.39. The first-order valence-electron chi connectivity index (χ1n) is 7.36. The lowest BCUT2D eigenvalue weighted by molar-refractivity contribution is 0.283. The molecule has 0 fully saturated rings. The highest BCUT2D eigenvalue weighted by Gasteiger charge is 2.24. The number of nitrogens with zero attached hydrogens (tertiary/aromatic N) is 1. The van der Waals surface area contributed by atoms with E-state index >= 15 is 0 Å². The highest BCUT2D eigenvalue weighted by molar-refractivity contribution is 9.10. The number of hydrogen-bond donors (Lipinski definition) is 1. The van der Waals surface area contributed by atoms with Gasteiger partial charge in [0, 0.05) is 21.9 Å². The Morgan fingerprint density at radius 1 is 1.38 bits per heavy atom. The van der Waals surface area contributed by atoms with Crippen LogP contribution in [-0.4, -0.2) is 25.5 Å². The number of thiophene rings is 1. The Hall–Kier alpha value is -0.680. The van der Waals surface area contributed by atoms with E-state index in [0.29, 0.717) is 12.1 Å². The van der Waals surface area contributed by atoms with Gasteiger partial charge >= 0.3 is 0 Å². The van der Waals surface area contributed by atoms with Gasteiger partial charge in [0.15, 0.2) is 0 Å². The molecular weight excluding hydrogens is 344 g/mol. The van der Waals surface area contributed by atoms with Crippen LogP contribution in [0.25, 0.3) is 0 Å². The number of nitrogens with one attached hydrogen (secondary N) is 1. The molecule has 1 aromatic heterocycles. The largest absolute Gasteiger partial charge is 0.308 e. The minimum absolute atomic E-state index is 0.449. The highest BCUT2D eigenvalue weighted by atomic mass is 79.9. The predicted molar refractivity (Wildman–Crippen MR) is 94.0 cm³/mol. The summed E-state index contributed by atoms with van der Waals surface area (Å²) >= 11 is 5.41. The first-order valence-corrected chi connectivity index (χ1v) is 9.04. The van der Waals surface area contributed by atoms with E-state index in [2.05, 4.69) is 76.0 Å². The van der Waals surface area contributed by atoms with Crippen molar-refractivity contribution in [1.29, 1.82) is 0 Å². The van der Waals surface area contributed by atoms with E-state index in [9.17, 15) is 0 Å². The maximum Gasteiger partial charge on any atom is 0.0561 e. The monoisotopic (exact) mass is 364 g/mol. The van der Waals surface area contributed by atoms with Crippen molar-refractivity contribution in [2.75, 3.05) is 20.6 Å². The van der Waals surface area contributed by atoms with E-state index in [-0.39, 0.29) is 0 Å². The lowest BCUT2D eigenvalue weighted by atomic mass is 10.1. The number of benzene rings is 1. The molecule has 0 bridgehead atoms. The molecule has 1 aliphatic rings. The van der Waals surface area contributed by atoms with Crippen LogP contribution in [0.2, 0.25) is 0 Å². The number of halogens is 1. The van der Waals surface area contributed by atoms with Crippen LogP contribution >= 0.6 is 27.3 Å². The molecular formula is C17H21BrN2S. The van der Waals surface area contributed by atoms with E-state index in [1.54, 1.807) is 0 Å². The minimum Gasteiger partial charge on any atom is -0.308 e. The molecule has 1 aliphatic carbocycles. The van der Waals surface area contributed by atoms with Crippen LogP contribution in [0.15, 0.2) is 40.2 Å². The normalized spacial score (nSPS) is 19.0. The van der Waals surface area contributed by atoms with Crippen LogP contribution in [0.5, 0.6) is 0 Å². The average molecular weight is 365 g/mol. The first kappa shape index (κ1) is 15.2. The van der Waals surface area contributed by atoms with Crippen LogP contribution in [0.3, 0.4) is 0 Å². The Bertz CT molecular complexity index is 595. The van der Waals surface area contributed by atoms with Crippen molar-refractivity contribution in [3.8, 4) is 0 Å². The Kier molecular flexibility index (Phi) is 4.79. The van der Waals surface area contributed by atoms with E-state index in [1.807, 2.05) is 11.3 Å².